The first-order valence-corrected chi connectivity index (χ1v) is 8.54. The number of hydrogen-bond donors (Lipinski definition) is 0. The second-order valence-electron chi connectivity index (χ2n) is 5.07. The van der Waals surface area contributed by atoms with Gasteiger partial charge in [-0.15, -0.1) is 0 Å². The van der Waals surface area contributed by atoms with Crippen LogP contribution in [0.25, 0.3) is 0 Å². The highest BCUT2D eigenvalue weighted by molar-refractivity contribution is 7.89. The van der Waals surface area contributed by atoms with Crippen LogP contribution in [0.3, 0.4) is 0 Å². The normalized spacial score (nSPS) is 21.1. The van der Waals surface area contributed by atoms with Gasteiger partial charge in [-0.2, -0.15) is 0 Å². The van der Waals surface area contributed by atoms with Gasteiger partial charge in [-0.1, -0.05) is 13.0 Å². The highest BCUT2D eigenvalue weighted by Gasteiger charge is 2.32. The summed E-state index contributed by atoms with van der Waals surface area (Å²) in [6.07, 6.45) is 3.10. The van der Waals surface area contributed by atoms with Crippen LogP contribution in [0.2, 0.25) is 0 Å². The molecular weight excluding hydrogens is 276 g/mol. The Morgan fingerprint density at radius 2 is 2.20 bits per heavy atom. The first-order valence-electron chi connectivity index (χ1n) is 6.93. The summed E-state index contributed by atoms with van der Waals surface area (Å²) in [6, 6.07) is 5.48. The molecule has 110 valence electrons. The van der Waals surface area contributed by atoms with Gasteiger partial charge in [0.2, 0.25) is 10.0 Å². The van der Waals surface area contributed by atoms with E-state index >= 15 is 0 Å². The van der Waals surface area contributed by atoms with Crippen molar-refractivity contribution in [3.05, 3.63) is 30.1 Å². The predicted molar refractivity (Wildman–Crippen MR) is 76.7 cm³/mol. The van der Waals surface area contributed by atoms with E-state index in [0.29, 0.717) is 32.4 Å². The molecule has 1 saturated heterocycles. The molecule has 20 heavy (non-hydrogen) atoms. The molecule has 0 spiro atoms. The van der Waals surface area contributed by atoms with Crippen molar-refractivity contribution >= 4 is 15.8 Å². The maximum atomic E-state index is 12.3. The van der Waals surface area contributed by atoms with Crippen molar-refractivity contribution in [3.63, 3.8) is 0 Å². The van der Waals surface area contributed by atoms with Gasteiger partial charge >= 0.3 is 0 Å². The zero-order valence-corrected chi connectivity index (χ0v) is 12.5. The van der Waals surface area contributed by atoms with Crippen molar-refractivity contribution in [2.75, 3.05) is 18.8 Å². The lowest BCUT2D eigenvalue weighted by Crippen LogP contribution is -2.45. The Kier molecular flexibility index (Phi) is 4.88. The molecule has 1 aromatic heterocycles. The van der Waals surface area contributed by atoms with E-state index in [0.717, 1.165) is 5.69 Å². The fourth-order valence-corrected chi connectivity index (χ4v) is 3.90. The molecule has 1 unspecified atom stereocenters. The van der Waals surface area contributed by atoms with Crippen molar-refractivity contribution in [1.82, 2.24) is 9.29 Å². The number of sulfonamides is 1. The molecule has 5 nitrogen and oxygen atoms in total. The van der Waals surface area contributed by atoms with Gasteiger partial charge in [-0.25, -0.2) is 12.7 Å². The number of piperidine rings is 1. The number of aryl methyl sites for hydroxylation is 1. The van der Waals surface area contributed by atoms with Gasteiger partial charge in [0.1, 0.15) is 5.78 Å². The number of hydrogen-bond acceptors (Lipinski definition) is 4. The SMILES string of the molecule is CCC1CN(S(=O)(=O)CCc2ccccn2)CCC1=O. The summed E-state index contributed by atoms with van der Waals surface area (Å²) in [4.78, 5) is 15.8. The summed E-state index contributed by atoms with van der Waals surface area (Å²) < 4.78 is 26.1. The van der Waals surface area contributed by atoms with E-state index in [2.05, 4.69) is 4.98 Å². The Bertz CT molecular complexity index is 557. The maximum Gasteiger partial charge on any atom is 0.214 e. The second-order valence-corrected chi connectivity index (χ2v) is 7.16. The number of nitrogens with zero attached hydrogens (tertiary/aromatic N) is 2. The Balaban J connectivity index is 1.98. The lowest BCUT2D eigenvalue weighted by Gasteiger charge is -2.30. The number of ketones is 1. The number of aromatic nitrogens is 1. The van der Waals surface area contributed by atoms with Crippen LogP contribution in [-0.2, 0) is 21.2 Å². The summed E-state index contributed by atoms with van der Waals surface area (Å²) >= 11 is 0. The molecule has 0 aliphatic carbocycles. The molecule has 2 rings (SSSR count). The topological polar surface area (TPSA) is 67.3 Å². The Hall–Kier alpha value is -1.27. The van der Waals surface area contributed by atoms with Crippen molar-refractivity contribution in [2.45, 2.75) is 26.2 Å². The summed E-state index contributed by atoms with van der Waals surface area (Å²) in [6.45, 7) is 2.58. The van der Waals surface area contributed by atoms with Gasteiger partial charge in [0.25, 0.3) is 0 Å². The monoisotopic (exact) mass is 296 g/mol. The van der Waals surface area contributed by atoms with Crippen LogP contribution in [0.4, 0.5) is 0 Å². The average molecular weight is 296 g/mol. The molecule has 2 heterocycles. The number of rotatable bonds is 5. The smallest absolute Gasteiger partial charge is 0.214 e. The first kappa shape index (κ1) is 15.1. The third-order valence-electron chi connectivity index (χ3n) is 3.72. The Morgan fingerprint density at radius 1 is 1.40 bits per heavy atom. The Morgan fingerprint density at radius 3 is 2.85 bits per heavy atom. The van der Waals surface area contributed by atoms with Gasteiger partial charge in [-0.3, -0.25) is 9.78 Å². The molecule has 1 fully saturated rings. The summed E-state index contributed by atoms with van der Waals surface area (Å²) in [7, 11) is -3.31. The number of Topliss-reactive ketones (excluding diaryl/α,β-unsaturated/α-hetero) is 1. The zero-order valence-electron chi connectivity index (χ0n) is 11.7. The molecule has 6 heteroatoms. The molecule has 1 atom stereocenters. The molecule has 0 saturated carbocycles. The molecular formula is C14H20N2O3S. The van der Waals surface area contributed by atoms with Gasteiger partial charge in [0.05, 0.1) is 5.75 Å². The van der Waals surface area contributed by atoms with Crippen LogP contribution >= 0.6 is 0 Å². The first-order chi connectivity index (χ1) is 9.53. The second kappa shape index (κ2) is 6.45. The molecule has 0 aromatic carbocycles. The van der Waals surface area contributed by atoms with Crippen LogP contribution < -0.4 is 0 Å². The summed E-state index contributed by atoms with van der Waals surface area (Å²) in [5.41, 5.74) is 0.774. The van der Waals surface area contributed by atoms with Gasteiger partial charge in [-0.05, 0) is 18.6 Å². The number of pyridine rings is 1. The molecule has 1 aliphatic heterocycles. The van der Waals surface area contributed by atoms with Crippen molar-refractivity contribution in [1.29, 1.82) is 0 Å². The van der Waals surface area contributed by atoms with Gasteiger partial charge < -0.3 is 0 Å². The zero-order chi connectivity index (χ0) is 14.6. The molecule has 1 aliphatic rings. The predicted octanol–water partition coefficient (Wildman–Crippen LogP) is 1.25. The largest absolute Gasteiger partial charge is 0.299 e. The molecule has 0 radical (unpaired) electrons. The molecule has 1 aromatic rings. The lowest BCUT2D eigenvalue weighted by atomic mass is 9.96. The third-order valence-corrected chi connectivity index (χ3v) is 5.55. The highest BCUT2D eigenvalue weighted by Crippen LogP contribution is 2.19. The van der Waals surface area contributed by atoms with Crippen LogP contribution in [0, 0.1) is 5.92 Å². The van der Waals surface area contributed by atoms with Gasteiger partial charge in [0.15, 0.2) is 0 Å². The molecule has 0 bridgehead atoms. The Labute approximate surface area is 120 Å². The standard InChI is InChI=1S/C14H20N2O3S/c1-2-12-11-16(9-6-14(12)17)20(18,19)10-7-13-5-3-4-8-15-13/h3-5,8,12H,2,6-7,9-11H2,1H3. The highest BCUT2D eigenvalue weighted by atomic mass is 32.2. The number of carbonyl (C=O) groups is 1. The number of carbonyl (C=O) groups excluding carboxylic acids is 1. The summed E-state index contributed by atoms with van der Waals surface area (Å²) in [5, 5.41) is 0. The van der Waals surface area contributed by atoms with E-state index in [1.807, 2.05) is 19.1 Å². The van der Waals surface area contributed by atoms with Crippen molar-refractivity contribution < 1.29 is 13.2 Å². The minimum atomic E-state index is -3.31. The van der Waals surface area contributed by atoms with E-state index in [1.54, 1.807) is 12.3 Å². The quantitative estimate of drug-likeness (QED) is 0.820. The molecule has 0 amide bonds. The van der Waals surface area contributed by atoms with Crippen LogP contribution in [0.1, 0.15) is 25.5 Å². The van der Waals surface area contributed by atoms with Crippen molar-refractivity contribution in [2.24, 2.45) is 5.92 Å². The van der Waals surface area contributed by atoms with E-state index in [4.69, 9.17) is 0 Å². The van der Waals surface area contributed by atoms with Gasteiger partial charge in [0, 0.05) is 43.7 Å². The minimum Gasteiger partial charge on any atom is -0.299 e. The average Bonchev–Trinajstić information content (AvgIpc) is 2.46. The molecule has 0 N–H and O–H groups in total. The van der Waals surface area contributed by atoms with Crippen LogP contribution in [0.5, 0.6) is 0 Å². The van der Waals surface area contributed by atoms with E-state index in [-0.39, 0.29) is 17.5 Å². The minimum absolute atomic E-state index is 0.0502. The van der Waals surface area contributed by atoms with Crippen LogP contribution in [0.15, 0.2) is 24.4 Å². The van der Waals surface area contributed by atoms with Crippen LogP contribution in [-0.4, -0.2) is 42.3 Å². The van der Waals surface area contributed by atoms with E-state index in [9.17, 15) is 13.2 Å². The summed E-state index contributed by atoms with van der Waals surface area (Å²) in [5.74, 6) is 0.0892. The fourth-order valence-electron chi connectivity index (χ4n) is 2.40. The third kappa shape index (κ3) is 3.64. The lowest BCUT2D eigenvalue weighted by molar-refractivity contribution is -0.125. The van der Waals surface area contributed by atoms with E-state index < -0.39 is 10.0 Å². The van der Waals surface area contributed by atoms with Crippen molar-refractivity contribution in [3.8, 4) is 0 Å². The van der Waals surface area contributed by atoms with E-state index in [1.165, 1.54) is 4.31 Å². The maximum absolute atomic E-state index is 12.3. The fraction of sp³-hybridized carbons (Fsp3) is 0.571.